The number of hydrogen-bond acceptors (Lipinski definition) is 4. The first-order chi connectivity index (χ1) is 12.5. The predicted molar refractivity (Wildman–Crippen MR) is 99.3 cm³/mol. The molecule has 0 aromatic heterocycles. The molecule has 5 heteroatoms. The lowest BCUT2D eigenvalue weighted by molar-refractivity contribution is -0.146. The van der Waals surface area contributed by atoms with Gasteiger partial charge in [-0.25, -0.2) is 0 Å². The monoisotopic (exact) mass is 360 g/mol. The Balaban J connectivity index is 1.58. The molecule has 0 bridgehead atoms. The summed E-state index contributed by atoms with van der Waals surface area (Å²) in [7, 11) is 3.68. The van der Waals surface area contributed by atoms with Crippen LogP contribution in [0.5, 0.6) is 0 Å². The van der Waals surface area contributed by atoms with Gasteiger partial charge in [0.15, 0.2) is 0 Å². The molecule has 0 radical (unpaired) electrons. The van der Waals surface area contributed by atoms with Crippen LogP contribution in [0.4, 0.5) is 0 Å². The lowest BCUT2D eigenvalue weighted by Crippen LogP contribution is -2.47. The number of carbonyl (C=O) groups excluding carboxylic acids is 2. The van der Waals surface area contributed by atoms with Crippen LogP contribution in [0, 0.1) is 23.7 Å². The second-order valence-corrected chi connectivity index (χ2v) is 9.01. The Labute approximate surface area is 156 Å². The summed E-state index contributed by atoms with van der Waals surface area (Å²) < 4.78 is 5.77. The molecule has 0 N–H and O–H groups in total. The maximum atomic E-state index is 12.3. The quantitative estimate of drug-likeness (QED) is 0.573. The lowest BCUT2D eigenvalue weighted by atomic mass is 9.72. The summed E-state index contributed by atoms with van der Waals surface area (Å²) >= 11 is 0. The van der Waals surface area contributed by atoms with E-state index >= 15 is 0 Å². The number of ether oxygens (including phenoxy) is 1. The summed E-state index contributed by atoms with van der Waals surface area (Å²) in [4.78, 5) is 28.7. The molecule has 4 rings (SSSR count). The standard InChI is InChI=1S/C21H32N2O3/c1-13-10-18(26-21(13)25)17-12-16-15(11-19(24)22(2)3)8-7-14-6-4-5-9-23(17)20(14)16/h7-8,13-18,20H,4-6,9-12H2,1-3H3/t13-,14+,15+,16+,17?,18-,20+/m0/s1. The van der Waals surface area contributed by atoms with Crippen LogP contribution in [0.2, 0.25) is 0 Å². The van der Waals surface area contributed by atoms with Gasteiger partial charge < -0.3 is 9.64 Å². The number of amides is 1. The van der Waals surface area contributed by atoms with Gasteiger partial charge in [0.25, 0.3) is 0 Å². The minimum absolute atomic E-state index is 0.0228. The van der Waals surface area contributed by atoms with Crippen molar-refractivity contribution in [2.24, 2.45) is 23.7 Å². The van der Waals surface area contributed by atoms with E-state index in [-0.39, 0.29) is 23.9 Å². The van der Waals surface area contributed by atoms with E-state index in [4.69, 9.17) is 4.74 Å². The normalized spacial score (nSPS) is 42.3. The van der Waals surface area contributed by atoms with Gasteiger partial charge in [-0.3, -0.25) is 14.5 Å². The van der Waals surface area contributed by atoms with Crippen molar-refractivity contribution in [1.82, 2.24) is 9.80 Å². The van der Waals surface area contributed by atoms with Gasteiger partial charge in [-0.15, -0.1) is 0 Å². The van der Waals surface area contributed by atoms with Gasteiger partial charge in [-0.1, -0.05) is 25.5 Å². The number of rotatable bonds is 3. The first-order valence-electron chi connectivity index (χ1n) is 10.3. The number of nitrogens with zero attached hydrogens (tertiary/aromatic N) is 2. The minimum Gasteiger partial charge on any atom is -0.460 e. The van der Waals surface area contributed by atoms with Gasteiger partial charge in [0.05, 0.1) is 5.92 Å². The van der Waals surface area contributed by atoms with Gasteiger partial charge in [0, 0.05) is 32.6 Å². The molecule has 7 atom stereocenters. The molecule has 1 unspecified atom stereocenters. The van der Waals surface area contributed by atoms with Crippen LogP contribution in [0.1, 0.15) is 45.4 Å². The highest BCUT2D eigenvalue weighted by atomic mass is 16.6. The second kappa shape index (κ2) is 6.99. The molecule has 1 aliphatic carbocycles. The Kier molecular flexibility index (Phi) is 4.84. The van der Waals surface area contributed by atoms with Gasteiger partial charge in [0.2, 0.25) is 5.91 Å². The van der Waals surface area contributed by atoms with Crippen LogP contribution in [-0.4, -0.2) is 60.5 Å². The van der Waals surface area contributed by atoms with E-state index in [2.05, 4.69) is 17.1 Å². The molecule has 3 heterocycles. The van der Waals surface area contributed by atoms with Crippen molar-refractivity contribution in [2.45, 2.75) is 63.6 Å². The molecule has 3 saturated heterocycles. The Bertz CT molecular complexity index is 602. The predicted octanol–water partition coefficient (Wildman–Crippen LogP) is 2.46. The molecule has 5 nitrogen and oxygen atoms in total. The van der Waals surface area contributed by atoms with Crippen molar-refractivity contribution >= 4 is 11.9 Å². The van der Waals surface area contributed by atoms with Crippen LogP contribution in [-0.2, 0) is 14.3 Å². The van der Waals surface area contributed by atoms with Gasteiger partial charge in [-0.05, 0) is 50.0 Å². The van der Waals surface area contributed by atoms with Crippen molar-refractivity contribution in [2.75, 3.05) is 20.6 Å². The molecule has 0 spiro atoms. The molecular formula is C21H32N2O3. The molecule has 0 aromatic carbocycles. The van der Waals surface area contributed by atoms with Gasteiger partial charge in [-0.2, -0.15) is 0 Å². The topological polar surface area (TPSA) is 49.9 Å². The fraction of sp³-hybridized carbons (Fsp3) is 0.810. The summed E-state index contributed by atoms with van der Waals surface area (Å²) in [5.41, 5.74) is 0. The van der Waals surface area contributed by atoms with Gasteiger partial charge >= 0.3 is 5.97 Å². The average molecular weight is 360 g/mol. The molecule has 4 aliphatic rings. The molecule has 0 saturated carbocycles. The molecule has 26 heavy (non-hydrogen) atoms. The molecule has 0 aromatic rings. The van der Waals surface area contributed by atoms with E-state index in [9.17, 15) is 9.59 Å². The first-order valence-corrected chi connectivity index (χ1v) is 10.3. The smallest absolute Gasteiger partial charge is 0.309 e. The van der Waals surface area contributed by atoms with Crippen LogP contribution in [0.25, 0.3) is 0 Å². The van der Waals surface area contributed by atoms with E-state index in [0.717, 1.165) is 19.4 Å². The lowest BCUT2D eigenvalue weighted by Gasteiger charge is -2.39. The van der Waals surface area contributed by atoms with E-state index in [1.54, 1.807) is 4.90 Å². The highest BCUT2D eigenvalue weighted by Crippen LogP contribution is 2.48. The number of allylic oxidation sites excluding steroid dienone is 1. The highest BCUT2D eigenvalue weighted by molar-refractivity contribution is 5.76. The fourth-order valence-electron chi connectivity index (χ4n) is 5.77. The number of carbonyl (C=O) groups is 2. The molecule has 3 aliphatic heterocycles. The first kappa shape index (κ1) is 18.0. The Morgan fingerprint density at radius 2 is 2.08 bits per heavy atom. The molecule has 3 fully saturated rings. The largest absolute Gasteiger partial charge is 0.460 e. The SMILES string of the molecule is C[C@H]1C[C@@H](C2C[C@H]3[C@H]4[C@@H](C=C[C@@H]3CC(=O)N(C)C)CCCCN24)OC1=O. The Morgan fingerprint density at radius 3 is 2.77 bits per heavy atom. The van der Waals surface area contributed by atoms with Crippen molar-refractivity contribution in [3.63, 3.8) is 0 Å². The zero-order chi connectivity index (χ0) is 18.4. The molecule has 1 amide bonds. The summed E-state index contributed by atoms with van der Waals surface area (Å²) in [6.07, 6.45) is 11.0. The van der Waals surface area contributed by atoms with Crippen LogP contribution >= 0.6 is 0 Å². The number of hydrogen-bond donors (Lipinski definition) is 0. The maximum absolute atomic E-state index is 12.3. The third-order valence-corrected chi connectivity index (χ3v) is 7.15. The summed E-state index contributed by atoms with van der Waals surface area (Å²) in [5.74, 6) is 1.61. The van der Waals surface area contributed by atoms with Crippen LogP contribution in [0.3, 0.4) is 0 Å². The highest BCUT2D eigenvalue weighted by Gasteiger charge is 2.53. The Hall–Kier alpha value is -1.36. The number of esters is 1. The average Bonchev–Trinajstić information content (AvgIpc) is 3.05. The van der Waals surface area contributed by atoms with Crippen LogP contribution < -0.4 is 0 Å². The van der Waals surface area contributed by atoms with Gasteiger partial charge in [0.1, 0.15) is 6.10 Å². The summed E-state index contributed by atoms with van der Waals surface area (Å²) in [5, 5.41) is 0. The Morgan fingerprint density at radius 1 is 1.27 bits per heavy atom. The van der Waals surface area contributed by atoms with Crippen molar-refractivity contribution in [3.8, 4) is 0 Å². The fourth-order valence-corrected chi connectivity index (χ4v) is 5.77. The van der Waals surface area contributed by atoms with E-state index in [0.29, 0.717) is 36.3 Å². The second-order valence-electron chi connectivity index (χ2n) is 9.01. The van der Waals surface area contributed by atoms with E-state index < -0.39 is 0 Å². The maximum Gasteiger partial charge on any atom is 0.309 e. The summed E-state index contributed by atoms with van der Waals surface area (Å²) in [6, 6.07) is 0.846. The molecular weight excluding hydrogens is 328 g/mol. The minimum atomic E-state index is -0.0336. The zero-order valence-electron chi connectivity index (χ0n) is 16.3. The summed E-state index contributed by atoms with van der Waals surface area (Å²) in [6.45, 7) is 3.09. The number of cyclic esters (lactones) is 1. The van der Waals surface area contributed by atoms with Crippen molar-refractivity contribution in [3.05, 3.63) is 12.2 Å². The molecule has 144 valence electrons. The zero-order valence-corrected chi connectivity index (χ0v) is 16.3. The third-order valence-electron chi connectivity index (χ3n) is 7.15. The van der Waals surface area contributed by atoms with Crippen LogP contribution in [0.15, 0.2) is 12.2 Å². The van der Waals surface area contributed by atoms with Crippen molar-refractivity contribution < 1.29 is 14.3 Å². The van der Waals surface area contributed by atoms with E-state index in [1.807, 2.05) is 21.0 Å². The third kappa shape index (κ3) is 3.08. The van der Waals surface area contributed by atoms with Crippen molar-refractivity contribution in [1.29, 1.82) is 0 Å². The van der Waals surface area contributed by atoms with E-state index in [1.165, 1.54) is 19.3 Å².